The molecule has 0 aliphatic carbocycles. The maximum atomic E-state index is 10.7. The van der Waals surface area contributed by atoms with E-state index in [4.69, 9.17) is 10.5 Å². The standard InChI is InChI=1S/C14H15N5O3/c15-13-11(19(20)21)8-16-14(18-13)17-10-6-7-22-12(10)9-4-2-1-3-5-9/h1-5,8,10,12H,6-7H2,(H3,15,16,17,18)/t10-,12-/m0/s1. The quantitative estimate of drug-likeness (QED) is 0.654. The summed E-state index contributed by atoms with van der Waals surface area (Å²) in [4.78, 5) is 18.0. The first-order chi connectivity index (χ1) is 10.6. The van der Waals surface area contributed by atoms with Gasteiger partial charge in [-0.3, -0.25) is 10.1 Å². The molecule has 1 aromatic heterocycles. The van der Waals surface area contributed by atoms with Gasteiger partial charge in [0.15, 0.2) is 0 Å². The molecule has 1 aliphatic rings. The summed E-state index contributed by atoms with van der Waals surface area (Å²) in [7, 11) is 0. The molecule has 0 bridgehead atoms. The number of nitrogens with zero attached hydrogens (tertiary/aromatic N) is 3. The fraction of sp³-hybridized carbons (Fsp3) is 0.286. The van der Waals surface area contributed by atoms with Crippen LogP contribution in [0.4, 0.5) is 17.5 Å². The molecule has 114 valence electrons. The Morgan fingerprint density at radius 2 is 2.14 bits per heavy atom. The average molecular weight is 301 g/mol. The molecule has 1 fully saturated rings. The molecule has 2 aromatic rings. The second-order valence-electron chi connectivity index (χ2n) is 4.96. The lowest BCUT2D eigenvalue weighted by Gasteiger charge is -2.20. The minimum atomic E-state index is -0.607. The van der Waals surface area contributed by atoms with Crippen LogP contribution in [-0.4, -0.2) is 27.5 Å². The topological polar surface area (TPSA) is 116 Å². The van der Waals surface area contributed by atoms with Crippen molar-refractivity contribution >= 4 is 17.5 Å². The van der Waals surface area contributed by atoms with Crippen molar-refractivity contribution in [3.8, 4) is 0 Å². The van der Waals surface area contributed by atoms with Gasteiger partial charge in [-0.2, -0.15) is 4.98 Å². The molecule has 3 rings (SSSR count). The summed E-state index contributed by atoms with van der Waals surface area (Å²) in [6, 6.07) is 9.83. The maximum Gasteiger partial charge on any atom is 0.329 e. The van der Waals surface area contributed by atoms with Crippen LogP contribution in [0.15, 0.2) is 36.5 Å². The number of aromatic nitrogens is 2. The van der Waals surface area contributed by atoms with Crippen LogP contribution in [-0.2, 0) is 4.74 Å². The first-order valence-electron chi connectivity index (χ1n) is 6.85. The fourth-order valence-corrected chi connectivity index (χ4v) is 2.47. The third-order valence-corrected chi connectivity index (χ3v) is 3.53. The summed E-state index contributed by atoms with van der Waals surface area (Å²) in [6.45, 7) is 0.625. The third-order valence-electron chi connectivity index (χ3n) is 3.53. The van der Waals surface area contributed by atoms with Crippen LogP contribution in [0.25, 0.3) is 0 Å². The lowest BCUT2D eigenvalue weighted by atomic mass is 10.0. The molecule has 0 saturated carbocycles. The molecule has 1 aromatic carbocycles. The van der Waals surface area contributed by atoms with Gasteiger partial charge in [-0.15, -0.1) is 0 Å². The lowest BCUT2D eigenvalue weighted by molar-refractivity contribution is -0.384. The van der Waals surface area contributed by atoms with E-state index in [1.165, 1.54) is 0 Å². The number of nitrogens with two attached hydrogens (primary N) is 1. The number of anilines is 2. The Balaban J connectivity index is 1.78. The maximum absolute atomic E-state index is 10.7. The molecular formula is C14H15N5O3. The SMILES string of the molecule is Nc1nc(N[C@H]2CCO[C@H]2c2ccccc2)ncc1[N+](=O)[O-]. The van der Waals surface area contributed by atoms with E-state index in [-0.39, 0.29) is 29.6 Å². The Kier molecular flexibility index (Phi) is 3.84. The van der Waals surface area contributed by atoms with Crippen LogP contribution in [0.2, 0.25) is 0 Å². The van der Waals surface area contributed by atoms with Gasteiger partial charge in [-0.1, -0.05) is 30.3 Å². The molecule has 1 aliphatic heterocycles. The van der Waals surface area contributed by atoms with Gasteiger partial charge in [-0.05, 0) is 12.0 Å². The fourth-order valence-electron chi connectivity index (χ4n) is 2.47. The molecule has 0 radical (unpaired) electrons. The van der Waals surface area contributed by atoms with Crippen molar-refractivity contribution in [3.05, 3.63) is 52.2 Å². The number of rotatable bonds is 4. The van der Waals surface area contributed by atoms with Crippen molar-refractivity contribution in [1.29, 1.82) is 0 Å². The number of nitro groups is 1. The van der Waals surface area contributed by atoms with Crippen LogP contribution in [0.1, 0.15) is 18.1 Å². The van der Waals surface area contributed by atoms with Gasteiger partial charge < -0.3 is 15.8 Å². The van der Waals surface area contributed by atoms with E-state index >= 15 is 0 Å². The monoisotopic (exact) mass is 301 g/mol. The number of hydrogen-bond acceptors (Lipinski definition) is 7. The van der Waals surface area contributed by atoms with Gasteiger partial charge in [0.2, 0.25) is 11.8 Å². The summed E-state index contributed by atoms with van der Waals surface area (Å²) in [5.74, 6) is 0.109. The minimum Gasteiger partial charge on any atom is -0.378 e. The van der Waals surface area contributed by atoms with E-state index in [9.17, 15) is 10.1 Å². The highest BCUT2D eigenvalue weighted by Gasteiger charge is 2.30. The predicted molar refractivity (Wildman–Crippen MR) is 80.3 cm³/mol. The van der Waals surface area contributed by atoms with E-state index in [0.29, 0.717) is 6.61 Å². The zero-order valence-electron chi connectivity index (χ0n) is 11.7. The summed E-state index contributed by atoms with van der Waals surface area (Å²) in [5.41, 5.74) is 6.34. The predicted octanol–water partition coefficient (Wildman–Crippen LogP) is 1.91. The Hall–Kier alpha value is -2.74. The molecule has 8 heteroatoms. The minimum absolute atomic E-state index is 0.0109. The smallest absolute Gasteiger partial charge is 0.329 e. The lowest BCUT2D eigenvalue weighted by Crippen LogP contribution is -2.24. The van der Waals surface area contributed by atoms with Crippen LogP contribution in [0.5, 0.6) is 0 Å². The molecule has 1 saturated heterocycles. The van der Waals surface area contributed by atoms with Crippen molar-refractivity contribution in [2.24, 2.45) is 0 Å². The van der Waals surface area contributed by atoms with Gasteiger partial charge >= 0.3 is 5.69 Å². The molecule has 3 N–H and O–H groups in total. The van der Waals surface area contributed by atoms with Gasteiger partial charge in [0.1, 0.15) is 12.3 Å². The third kappa shape index (κ3) is 2.82. The van der Waals surface area contributed by atoms with Crippen molar-refractivity contribution in [1.82, 2.24) is 9.97 Å². The van der Waals surface area contributed by atoms with E-state index < -0.39 is 4.92 Å². The number of hydrogen-bond donors (Lipinski definition) is 2. The van der Waals surface area contributed by atoms with E-state index in [0.717, 1.165) is 18.2 Å². The van der Waals surface area contributed by atoms with E-state index in [1.54, 1.807) is 0 Å². The van der Waals surface area contributed by atoms with Crippen LogP contribution >= 0.6 is 0 Å². The van der Waals surface area contributed by atoms with Gasteiger partial charge in [0.25, 0.3) is 0 Å². The Bertz CT molecular complexity index is 679. The first-order valence-corrected chi connectivity index (χ1v) is 6.85. The second kappa shape index (κ2) is 5.94. The molecular weight excluding hydrogens is 286 g/mol. The van der Waals surface area contributed by atoms with Crippen molar-refractivity contribution in [3.63, 3.8) is 0 Å². The largest absolute Gasteiger partial charge is 0.378 e. The molecule has 8 nitrogen and oxygen atoms in total. The summed E-state index contributed by atoms with van der Waals surface area (Å²) >= 11 is 0. The average Bonchev–Trinajstić information content (AvgIpc) is 2.96. The van der Waals surface area contributed by atoms with Crippen LogP contribution < -0.4 is 11.1 Å². The molecule has 2 atom stereocenters. The second-order valence-corrected chi connectivity index (χ2v) is 4.96. The van der Waals surface area contributed by atoms with Crippen molar-refractivity contribution < 1.29 is 9.66 Å². The molecule has 0 unspecified atom stereocenters. The highest BCUT2D eigenvalue weighted by atomic mass is 16.6. The zero-order chi connectivity index (χ0) is 15.5. The first kappa shape index (κ1) is 14.2. The number of nitrogen functional groups attached to an aromatic ring is 1. The molecule has 22 heavy (non-hydrogen) atoms. The van der Waals surface area contributed by atoms with Gasteiger partial charge in [0.05, 0.1) is 11.0 Å². The summed E-state index contributed by atoms with van der Waals surface area (Å²) in [5, 5.41) is 13.9. The highest BCUT2D eigenvalue weighted by molar-refractivity contribution is 5.53. The Morgan fingerprint density at radius 3 is 2.82 bits per heavy atom. The molecule has 2 heterocycles. The van der Waals surface area contributed by atoms with Crippen LogP contribution in [0, 0.1) is 10.1 Å². The summed E-state index contributed by atoms with van der Waals surface area (Å²) < 4.78 is 5.76. The van der Waals surface area contributed by atoms with Crippen molar-refractivity contribution in [2.75, 3.05) is 17.7 Å². The number of benzene rings is 1. The van der Waals surface area contributed by atoms with Crippen molar-refractivity contribution in [2.45, 2.75) is 18.6 Å². The van der Waals surface area contributed by atoms with E-state index in [2.05, 4.69) is 15.3 Å². The number of nitrogens with one attached hydrogen (secondary N) is 1. The summed E-state index contributed by atoms with van der Waals surface area (Å²) in [6.07, 6.45) is 1.79. The van der Waals surface area contributed by atoms with Gasteiger partial charge in [-0.25, -0.2) is 4.98 Å². The highest BCUT2D eigenvalue weighted by Crippen LogP contribution is 2.31. The Morgan fingerprint density at radius 1 is 1.36 bits per heavy atom. The molecule has 0 spiro atoms. The van der Waals surface area contributed by atoms with E-state index in [1.807, 2.05) is 30.3 Å². The molecule has 0 amide bonds. The van der Waals surface area contributed by atoms with Crippen LogP contribution in [0.3, 0.4) is 0 Å². The van der Waals surface area contributed by atoms with Gasteiger partial charge in [0, 0.05) is 6.61 Å². The zero-order valence-corrected chi connectivity index (χ0v) is 11.7. The number of ether oxygens (including phenoxy) is 1. The normalized spacial score (nSPS) is 20.7. The Labute approximate surface area is 126 Å².